The van der Waals surface area contributed by atoms with Gasteiger partial charge in [0.1, 0.15) is 5.82 Å². The predicted octanol–water partition coefficient (Wildman–Crippen LogP) is 8.43. The summed E-state index contributed by atoms with van der Waals surface area (Å²) in [6.07, 6.45) is -9.39. The van der Waals surface area contributed by atoms with Crippen LogP contribution in [0.1, 0.15) is 42.4 Å². The average molecular weight is 830 g/mol. The zero-order valence-electron chi connectivity index (χ0n) is 27.3. The number of amides is 4. The third-order valence-electron chi connectivity index (χ3n) is 10.9. The number of methoxy groups -OCH3 is 1. The number of hydrogen-bond acceptors (Lipinski definition) is 6. The lowest BCUT2D eigenvalue weighted by Crippen LogP contribution is -2.49. The number of alkyl halides is 6. The Morgan fingerprint density at radius 2 is 1.51 bits per heavy atom. The Morgan fingerprint density at radius 3 is 2.09 bits per heavy atom. The summed E-state index contributed by atoms with van der Waals surface area (Å²) >= 11 is 9.38. The van der Waals surface area contributed by atoms with E-state index < -0.39 is 99.4 Å². The third kappa shape index (κ3) is 5.53. The summed E-state index contributed by atoms with van der Waals surface area (Å²) < 4.78 is 103. The summed E-state index contributed by atoms with van der Waals surface area (Å²) in [5, 5.41) is 11.1. The van der Waals surface area contributed by atoms with Crippen LogP contribution >= 0.6 is 27.5 Å². The molecule has 0 spiro atoms. The first kappa shape index (κ1) is 36.9. The Balaban J connectivity index is 1.39. The van der Waals surface area contributed by atoms with E-state index in [1.807, 2.05) is 0 Å². The molecule has 1 saturated carbocycles. The molecule has 2 heterocycles. The van der Waals surface area contributed by atoms with Gasteiger partial charge in [-0.3, -0.25) is 19.2 Å². The van der Waals surface area contributed by atoms with Crippen LogP contribution in [0, 0.1) is 34.9 Å². The second-order valence-electron chi connectivity index (χ2n) is 13.6. The number of hydrogen-bond donors (Lipinski definition) is 1. The highest BCUT2D eigenvalue weighted by Gasteiger charge is 2.68. The fourth-order valence-electron chi connectivity index (χ4n) is 8.52. The number of rotatable bonds is 4. The van der Waals surface area contributed by atoms with E-state index in [1.54, 1.807) is 6.08 Å². The van der Waals surface area contributed by atoms with Crippen molar-refractivity contribution in [1.29, 1.82) is 0 Å². The molecule has 2 aliphatic carbocycles. The monoisotopic (exact) mass is 828 g/mol. The number of fused-ring (bicyclic) bond motifs is 4. The molecule has 17 heteroatoms. The summed E-state index contributed by atoms with van der Waals surface area (Å²) in [5.74, 6) is -11.0. The quantitative estimate of drug-likeness (QED) is 0.161. The van der Waals surface area contributed by atoms with Crippen molar-refractivity contribution in [3.63, 3.8) is 0 Å². The second kappa shape index (κ2) is 12.3. The fourth-order valence-corrected chi connectivity index (χ4v) is 9.15. The number of aromatic hydroxyl groups is 1. The van der Waals surface area contributed by atoms with Gasteiger partial charge in [0.2, 0.25) is 23.6 Å². The van der Waals surface area contributed by atoms with Crippen LogP contribution in [-0.4, -0.2) is 35.8 Å². The van der Waals surface area contributed by atoms with Crippen molar-refractivity contribution in [3.8, 4) is 11.5 Å². The number of carbonyl (C=O) groups excluding carboxylic acids is 4. The first-order valence-corrected chi connectivity index (χ1v) is 17.1. The van der Waals surface area contributed by atoms with Gasteiger partial charge in [0.25, 0.3) is 0 Å². The Kier molecular flexibility index (Phi) is 8.56. The minimum atomic E-state index is -5.26. The molecule has 8 nitrogen and oxygen atoms in total. The fraction of sp³-hybridized carbons (Fsp3) is 0.333. The van der Waals surface area contributed by atoms with Crippen molar-refractivity contribution in [2.75, 3.05) is 16.9 Å². The van der Waals surface area contributed by atoms with Gasteiger partial charge in [-0.2, -0.15) is 26.3 Å². The van der Waals surface area contributed by atoms with Gasteiger partial charge < -0.3 is 9.84 Å². The van der Waals surface area contributed by atoms with E-state index in [4.69, 9.17) is 16.3 Å². The number of phenols is 1. The standard InChI is InChI=1S/C36H25BrClF7N2O6/c1-34-23(31(50)47(33(34)52)17-3-6-25(39)24(38)12-17)13-21-19(28(34)22-10-16(37)11-26(53-2)29(22)48)4-5-20-27(21)32(51)46(30(20)49)18-8-14(35(40,41)42)7-15(9-18)36(43,44)45/h3-4,6-12,20-21,23,27-28,48H,5,13H2,1-2H3. The summed E-state index contributed by atoms with van der Waals surface area (Å²) in [4.78, 5) is 58.2. The molecule has 4 amide bonds. The van der Waals surface area contributed by atoms with Crippen LogP contribution in [0.15, 0.2) is 64.7 Å². The average Bonchev–Trinajstić information content (AvgIpc) is 3.45. The van der Waals surface area contributed by atoms with Gasteiger partial charge in [-0.05, 0) is 74.2 Å². The lowest BCUT2D eigenvalue weighted by Gasteiger charge is -2.49. The molecule has 3 fully saturated rings. The highest BCUT2D eigenvalue weighted by Crippen LogP contribution is 2.65. The van der Waals surface area contributed by atoms with E-state index in [2.05, 4.69) is 15.9 Å². The lowest BCUT2D eigenvalue weighted by atomic mass is 9.51. The molecule has 53 heavy (non-hydrogen) atoms. The van der Waals surface area contributed by atoms with Crippen LogP contribution in [0.25, 0.3) is 0 Å². The highest BCUT2D eigenvalue weighted by molar-refractivity contribution is 9.10. The summed E-state index contributed by atoms with van der Waals surface area (Å²) in [7, 11) is 1.28. The molecule has 2 aliphatic heterocycles. The predicted molar refractivity (Wildman–Crippen MR) is 177 cm³/mol. The number of carbonyl (C=O) groups is 4. The van der Waals surface area contributed by atoms with Crippen LogP contribution in [0.4, 0.5) is 42.1 Å². The van der Waals surface area contributed by atoms with E-state index in [1.165, 1.54) is 32.2 Å². The van der Waals surface area contributed by atoms with Gasteiger partial charge in [0.05, 0.1) is 57.8 Å². The maximum Gasteiger partial charge on any atom is 0.416 e. The largest absolute Gasteiger partial charge is 0.504 e. The van der Waals surface area contributed by atoms with Crippen LogP contribution in [-0.2, 0) is 31.5 Å². The maximum absolute atomic E-state index is 14.6. The second-order valence-corrected chi connectivity index (χ2v) is 14.9. The Hall–Kier alpha value is -4.44. The van der Waals surface area contributed by atoms with Gasteiger partial charge in [0, 0.05) is 16.0 Å². The van der Waals surface area contributed by atoms with E-state index in [-0.39, 0.29) is 40.9 Å². The summed E-state index contributed by atoms with van der Waals surface area (Å²) in [6.45, 7) is 1.50. The number of halogens is 9. The molecular formula is C36H25BrClF7N2O6. The Bertz CT molecular complexity index is 2140. The molecule has 2 saturated heterocycles. The number of anilines is 2. The van der Waals surface area contributed by atoms with Crippen LogP contribution in [0.5, 0.6) is 11.5 Å². The van der Waals surface area contributed by atoms with E-state index >= 15 is 0 Å². The maximum atomic E-state index is 14.6. The van der Waals surface area contributed by atoms with Gasteiger partial charge in [-0.25, -0.2) is 14.2 Å². The smallest absolute Gasteiger partial charge is 0.416 e. The van der Waals surface area contributed by atoms with Crippen LogP contribution < -0.4 is 14.5 Å². The summed E-state index contributed by atoms with van der Waals surface area (Å²) in [5.41, 5.74) is -5.67. The molecule has 7 rings (SSSR count). The molecule has 6 atom stereocenters. The minimum Gasteiger partial charge on any atom is -0.504 e. The molecular weight excluding hydrogens is 805 g/mol. The van der Waals surface area contributed by atoms with Crippen LogP contribution in [0.2, 0.25) is 5.02 Å². The Labute approximate surface area is 309 Å². The molecule has 3 aromatic carbocycles. The molecule has 6 unspecified atom stereocenters. The first-order valence-electron chi connectivity index (χ1n) is 16.0. The number of allylic oxidation sites excluding steroid dienone is 2. The number of benzene rings is 3. The molecule has 3 aromatic rings. The zero-order valence-corrected chi connectivity index (χ0v) is 29.6. The van der Waals surface area contributed by atoms with Crippen molar-refractivity contribution < 1.29 is 59.8 Å². The van der Waals surface area contributed by atoms with Crippen molar-refractivity contribution in [3.05, 3.63) is 92.2 Å². The van der Waals surface area contributed by atoms with E-state index in [0.29, 0.717) is 27.1 Å². The molecule has 0 bridgehead atoms. The van der Waals surface area contributed by atoms with Gasteiger partial charge in [0.15, 0.2) is 11.5 Å². The molecule has 0 radical (unpaired) electrons. The van der Waals surface area contributed by atoms with Gasteiger partial charge >= 0.3 is 12.4 Å². The van der Waals surface area contributed by atoms with Crippen molar-refractivity contribution >= 4 is 62.5 Å². The third-order valence-corrected chi connectivity index (χ3v) is 11.6. The SMILES string of the molecule is COc1cc(Br)cc(C2C3=CCC4C(=O)N(c5cc(C(F)(F)F)cc(C(F)(F)F)c5)C(=O)C4C3CC3C(=O)N(c4ccc(F)c(Cl)c4)C(=O)C32C)c1O. The van der Waals surface area contributed by atoms with Crippen molar-refractivity contribution in [1.82, 2.24) is 0 Å². The first-order chi connectivity index (χ1) is 24.7. The molecule has 0 aromatic heterocycles. The Morgan fingerprint density at radius 1 is 0.868 bits per heavy atom. The molecule has 278 valence electrons. The number of nitrogens with zero attached hydrogens (tertiary/aromatic N) is 2. The lowest BCUT2D eigenvalue weighted by molar-refractivity contribution is -0.143. The highest BCUT2D eigenvalue weighted by atomic mass is 79.9. The van der Waals surface area contributed by atoms with E-state index in [0.717, 1.165) is 17.0 Å². The molecule has 1 N–H and O–H groups in total. The number of imide groups is 2. The van der Waals surface area contributed by atoms with Crippen LogP contribution in [0.3, 0.4) is 0 Å². The van der Waals surface area contributed by atoms with Gasteiger partial charge in [-0.1, -0.05) is 39.2 Å². The zero-order chi connectivity index (χ0) is 38.7. The number of ether oxygens (including phenoxy) is 1. The van der Waals surface area contributed by atoms with Crippen molar-refractivity contribution in [2.45, 2.75) is 38.0 Å². The normalized spacial score (nSPS) is 27.2. The number of phenolic OH excluding ortho intramolecular Hbond substituents is 1. The van der Waals surface area contributed by atoms with Crippen molar-refractivity contribution in [2.24, 2.45) is 29.1 Å². The topological polar surface area (TPSA) is 104 Å². The molecule has 4 aliphatic rings. The summed E-state index contributed by atoms with van der Waals surface area (Å²) in [6, 6.07) is 6.65. The minimum absolute atomic E-state index is 0.0202. The van der Waals surface area contributed by atoms with E-state index in [9.17, 15) is 55.0 Å². The van der Waals surface area contributed by atoms with Gasteiger partial charge in [-0.15, -0.1) is 0 Å².